The molecular formula is C25H25N3O3S. The Morgan fingerprint density at radius 2 is 1.88 bits per heavy atom. The Balaban J connectivity index is 1.35. The van der Waals surface area contributed by atoms with Crippen LogP contribution in [0.3, 0.4) is 0 Å². The molecule has 32 heavy (non-hydrogen) atoms. The van der Waals surface area contributed by atoms with E-state index in [1.165, 1.54) is 5.56 Å². The number of rotatable bonds is 6. The molecule has 0 aliphatic carbocycles. The van der Waals surface area contributed by atoms with E-state index in [9.17, 15) is 4.79 Å². The van der Waals surface area contributed by atoms with E-state index in [1.807, 2.05) is 30.3 Å². The molecule has 1 saturated heterocycles. The summed E-state index contributed by atoms with van der Waals surface area (Å²) in [5.41, 5.74) is 3.20. The summed E-state index contributed by atoms with van der Waals surface area (Å²) < 4.78 is 12.5. The van der Waals surface area contributed by atoms with Gasteiger partial charge >= 0.3 is 0 Å². The predicted octanol–water partition coefficient (Wildman–Crippen LogP) is 4.67. The van der Waals surface area contributed by atoms with Crippen molar-refractivity contribution in [3.8, 4) is 10.8 Å². The van der Waals surface area contributed by atoms with Crippen LogP contribution in [0.25, 0.3) is 21.0 Å². The van der Waals surface area contributed by atoms with Gasteiger partial charge in [0, 0.05) is 19.6 Å². The highest BCUT2D eigenvalue weighted by Gasteiger charge is 2.23. The van der Waals surface area contributed by atoms with E-state index in [4.69, 9.17) is 9.15 Å². The third-order valence-corrected chi connectivity index (χ3v) is 6.71. The van der Waals surface area contributed by atoms with Crippen molar-refractivity contribution in [1.29, 1.82) is 0 Å². The Kier molecular flexibility index (Phi) is 6.03. The fourth-order valence-electron chi connectivity index (χ4n) is 3.86. The lowest BCUT2D eigenvalue weighted by Crippen LogP contribution is -2.43. The summed E-state index contributed by atoms with van der Waals surface area (Å²) >= 11 is 1.56. The lowest BCUT2D eigenvalue weighted by Gasteiger charge is -2.31. The lowest BCUT2D eigenvalue weighted by atomic mass is 10.0. The second-order valence-corrected chi connectivity index (χ2v) is 9.03. The maximum atomic E-state index is 13.1. The van der Waals surface area contributed by atoms with Crippen molar-refractivity contribution in [1.82, 2.24) is 15.2 Å². The average molecular weight is 448 g/mol. The fraction of sp³-hybridized carbons (Fsp3) is 0.280. The molecule has 2 aromatic carbocycles. The van der Waals surface area contributed by atoms with Crippen LogP contribution in [-0.2, 0) is 4.74 Å². The molecule has 3 heterocycles. The molecule has 1 aliphatic rings. The zero-order valence-corrected chi connectivity index (χ0v) is 18.7. The van der Waals surface area contributed by atoms with Crippen LogP contribution in [0.15, 0.2) is 65.1 Å². The minimum absolute atomic E-state index is 0.141. The third-order valence-electron chi connectivity index (χ3n) is 5.66. The van der Waals surface area contributed by atoms with E-state index in [-0.39, 0.29) is 11.9 Å². The molecule has 164 valence electrons. The monoisotopic (exact) mass is 447 g/mol. The molecule has 0 radical (unpaired) electrons. The number of thiazole rings is 1. The van der Waals surface area contributed by atoms with E-state index in [0.717, 1.165) is 53.6 Å². The van der Waals surface area contributed by atoms with Gasteiger partial charge in [-0.3, -0.25) is 9.69 Å². The number of morpholine rings is 1. The van der Waals surface area contributed by atoms with Crippen molar-refractivity contribution < 1.29 is 13.9 Å². The van der Waals surface area contributed by atoms with Gasteiger partial charge in [0.1, 0.15) is 0 Å². The van der Waals surface area contributed by atoms with Crippen molar-refractivity contribution in [2.45, 2.75) is 13.0 Å². The number of amides is 1. The highest BCUT2D eigenvalue weighted by molar-refractivity contribution is 7.21. The highest BCUT2D eigenvalue weighted by atomic mass is 32.1. The molecule has 6 nitrogen and oxygen atoms in total. The van der Waals surface area contributed by atoms with Crippen LogP contribution < -0.4 is 5.32 Å². The summed E-state index contributed by atoms with van der Waals surface area (Å²) in [5, 5.41) is 3.95. The number of nitrogens with zero attached hydrogens (tertiary/aromatic N) is 2. The fourth-order valence-corrected chi connectivity index (χ4v) is 4.78. The number of benzene rings is 2. The number of aryl methyl sites for hydroxylation is 1. The number of carbonyl (C=O) groups excluding carboxylic acids is 1. The van der Waals surface area contributed by atoms with Gasteiger partial charge in [0.15, 0.2) is 16.5 Å². The SMILES string of the molecule is Cc1ccc([C@@H](CN2CCOCC2)NC(=O)c2ccc(-c3nc4ccccc4s3)o2)cc1. The van der Waals surface area contributed by atoms with Gasteiger partial charge in [0.2, 0.25) is 0 Å². The molecule has 1 amide bonds. The van der Waals surface area contributed by atoms with Crippen LogP contribution >= 0.6 is 11.3 Å². The molecule has 2 aromatic heterocycles. The van der Waals surface area contributed by atoms with Crippen LogP contribution in [0, 0.1) is 6.92 Å². The zero-order valence-electron chi connectivity index (χ0n) is 17.9. The topological polar surface area (TPSA) is 67.6 Å². The van der Waals surface area contributed by atoms with E-state index >= 15 is 0 Å². The van der Waals surface area contributed by atoms with Crippen molar-refractivity contribution in [3.05, 3.63) is 77.6 Å². The van der Waals surface area contributed by atoms with Crippen LogP contribution in [-0.4, -0.2) is 48.6 Å². The summed E-state index contributed by atoms with van der Waals surface area (Å²) in [7, 11) is 0. The second kappa shape index (κ2) is 9.24. The summed E-state index contributed by atoms with van der Waals surface area (Å²) in [6.45, 7) is 5.95. The predicted molar refractivity (Wildman–Crippen MR) is 126 cm³/mol. The second-order valence-electron chi connectivity index (χ2n) is 8.00. The van der Waals surface area contributed by atoms with Crippen molar-refractivity contribution in [3.63, 3.8) is 0 Å². The Hall–Kier alpha value is -3.00. The Labute approximate surface area is 190 Å². The molecule has 1 N–H and O–H groups in total. The van der Waals surface area contributed by atoms with Crippen LogP contribution in [0.2, 0.25) is 0 Å². The first-order chi connectivity index (χ1) is 15.7. The van der Waals surface area contributed by atoms with E-state index in [1.54, 1.807) is 17.4 Å². The molecule has 0 spiro atoms. The molecule has 7 heteroatoms. The molecule has 4 aromatic rings. The maximum Gasteiger partial charge on any atom is 0.287 e. The maximum absolute atomic E-state index is 13.1. The quantitative estimate of drug-likeness (QED) is 0.465. The average Bonchev–Trinajstić information content (AvgIpc) is 3.47. The van der Waals surface area contributed by atoms with Gasteiger partial charge in [-0.1, -0.05) is 42.0 Å². The number of carbonyl (C=O) groups is 1. The third kappa shape index (κ3) is 4.60. The summed E-state index contributed by atoms with van der Waals surface area (Å²) in [6, 6.07) is 19.7. The summed E-state index contributed by atoms with van der Waals surface area (Å²) in [5.74, 6) is 0.672. The van der Waals surface area contributed by atoms with Gasteiger partial charge < -0.3 is 14.5 Å². The van der Waals surface area contributed by atoms with Crippen molar-refractivity contribution in [2.24, 2.45) is 0 Å². The first-order valence-electron chi connectivity index (χ1n) is 10.8. The minimum Gasteiger partial charge on any atom is -0.448 e. The number of hydrogen-bond acceptors (Lipinski definition) is 6. The van der Waals surface area contributed by atoms with Gasteiger partial charge in [-0.05, 0) is 36.8 Å². The van der Waals surface area contributed by atoms with Gasteiger partial charge in [0.25, 0.3) is 5.91 Å². The van der Waals surface area contributed by atoms with E-state index in [0.29, 0.717) is 11.5 Å². The Morgan fingerprint density at radius 3 is 2.66 bits per heavy atom. The number of furan rings is 1. The number of aromatic nitrogens is 1. The van der Waals surface area contributed by atoms with E-state index in [2.05, 4.69) is 46.4 Å². The minimum atomic E-state index is -0.226. The summed E-state index contributed by atoms with van der Waals surface area (Å²) in [4.78, 5) is 20.0. The standard InChI is InChI=1S/C25H25N3O3S/c1-17-6-8-18(9-7-17)20(16-28-12-14-30-15-13-28)26-24(29)21-10-11-22(31-21)25-27-19-4-2-3-5-23(19)32-25/h2-11,20H,12-16H2,1H3,(H,26,29)/t20-/m1/s1. The van der Waals surface area contributed by atoms with Gasteiger partial charge in [-0.15, -0.1) is 11.3 Å². The molecule has 5 rings (SSSR count). The van der Waals surface area contributed by atoms with Gasteiger partial charge in [-0.2, -0.15) is 0 Å². The number of fused-ring (bicyclic) bond motifs is 1. The highest BCUT2D eigenvalue weighted by Crippen LogP contribution is 2.31. The molecule has 0 bridgehead atoms. The summed E-state index contributed by atoms with van der Waals surface area (Å²) in [6.07, 6.45) is 0. The van der Waals surface area contributed by atoms with Gasteiger partial charge in [-0.25, -0.2) is 4.98 Å². The molecular weight excluding hydrogens is 422 g/mol. The number of hydrogen-bond donors (Lipinski definition) is 1. The smallest absolute Gasteiger partial charge is 0.287 e. The normalized spacial score (nSPS) is 15.7. The largest absolute Gasteiger partial charge is 0.448 e. The molecule has 0 saturated carbocycles. The van der Waals surface area contributed by atoms with Crippen LogP contribution in [0.5, 0.6) is 0 Å². The number of para-hydroxylation sites is 1. The van der Waals surface area contributed by atoms with Crippen LogP contribution in [0.1, 0.15) is 27.7 Å². The molecule has 0 unspecified atom stereocenters. The van der Waals surface area contributed by atoms with Gasteiger partial charge in [0.05, 0.1) is 29.5 Å². The molecule has 1 atom stereocenters. The van der Waals surface area contributed by atoms with Crippen LogP contribution in [0.4, 0.5) is 0 Å². The molecule has 1 fully saturated rings. The van der Waals surface area contributed by atoms with Crippen molar-refractivity contribution >= 4 is 27.5 Å². The number of ether oxygens (including phenoxy) is 1. The number of nitrogens with one attached hydrogen (secondary N) is 1. The first kappa shape index (κ1) is 20.9. The van der Waals surface area contributed by atoms with Crippen molar-refractivity contribution in [2.75, 3.05) is 32.8 Å². The Bertz CT molecular complexity index is 1180. The molecule has 1 aliphatic heterocycles. The zero-order chi connectivity index (χ0) is 21.9. The van der Waals surface area contributed by atoms with E-state index < -0.39 is 0 Å². The Morgan fingerprint density at radius 1 is 1.09 bits per heavy atom. The lowest BCUT2D eigenvalue weighted by molar-refractivity contribution is 0.0331. The first-order valence-corrected chi connectivity index (χ1v) is 11.6.